The fourth-order valence-corrected chi connectivity index (χ4v) is 1.55. The Morgan fingerprint density at radius 3 is 3.17 bits per heavy atom. The molecule has 1 aliphatic heterocycles. The van der Waals surface area contributed by atoms with Crippen molar-refractivity contribution in [1.29, 1.82) is 0 Å². The lowest BCUT2D eigenvalue weighted by atomic mass is 10.2. The summed E-state index contributed by atoms with van der Waals surface area (Å²) >= 11 is 0. The molecule has 0 N–H and O–H groups in total. The highest BCUT2D eigenvalue weighted by Crippen LogP contribution is 2.18. The fourth-order valence-electron chi connectivity index (χ4n) is 1.55. The van der Waals surface area contributed by atoms with Crippen LogP contribution in [0, 0.1) is 0 Å². The summed E-state index contributed by atoms with van der Waals surface area (Å²) in [5.41, 5.74) is 8.11. The molecule has 66 valence electrons. The predicted octanol–water partition coefficient (Wildman–Crippen LogP) is 1.31. The molecular weight excluding hydrogens is 156 g/mol. The summed E-state index contributed by atoms with van der Waals surface area (Å²) in [4.78, 5) is 15.6. The van der Waals surface area contributed by atoms with E-state index in [4.69, 9.17) is 5.53 Å². The van der Waals surface area contributed by atoms with Gasteiger partial charge in [-0.05, 0) is 18.9 Å². The van der Waals surface area contributed by atoms with Crippen molar-refractivity contribution in [3.05, 3.63) is 10.4 Å². The first-order valence-electron chi connectivity index (χ1n) is 4.10. The second kappa shape index (κ2) is 3.97. The van der Waals surface area contributed by atoms with Crippen molar-refractivity contribution < 1.29 is 4.79 Å². The first-order valence-corrected chi connectivity index (χ1v) is 4.10. The van der Waals surface area contributed by atoms with Gasteiger partial charge < -0.3 is 4.90 Å². The highest BCUT2D eigenvalue weighted by Gasteiger charge is 2.28. The maximum absolute atomic E-state index is 11.2. The van der Waals surface area contributed by atoms with Crippen LogP contribution >= 0.6 is 0 Å². The molecule has 0 saturated carbocycles. The van der Waals surface area contributed by atoms with Crippen LogP contribution in [0.3, 0.4) is 0 Å². The number of likely N-dealkylation sites (N-methyl/N-ethyl adjacent to an activating group) is 1. The average Bonchev–Trinajstić information content (AvgIpc) is 2.43. The molecule has 0 spiro atoms. The van der Waals surface area contributed by atoms with Gasteiger partial charge in [-0.15, -0.1) is 0 Å². The predicted molar refractivity (Wildman–Crippen MR) is 44.4 cm³/mol. The molecule has 1 rings (SSSR count). The molecule has 0 aromatic heterocycles. The van der Waals surface area contributed by atoms with Crippen LogP contribution in [0.25, 0.3) is 10.4 Å². The van der Waals surface area contributed by atoms with Gasteiger partial charge >= 0.3 is 0 Å². The lowest BCUT2D eigenvalue weighted by Gasteiger charge is -2.20. The third-order valence-corrected chi connectivity index (χ3v) is 2.15. The molecule has 5 nitrogen and oxygen atoms in total. The normalized spacial score (nSPS) is 22.6. The van der Waals surface area contributed by atoms with Crippen molar-refractivity contribution in [2.24, 2.45) is 5.11 Å². The van der Waals surface area contributed by atoms with E-state index in [1.807, 2.05) is 6.92 Å². The Balaban J connectivity index is 2.53. The van der Waals surface area contributed by atoms with E-state index in [0.29, 0.717) is 19.5 Å². The maximum Gasteiger partial charge on any atom is 0.222 e. The van der Waals surface area contributed by atoms with Crippen molar-refractivity contribution in [3.63, 3.8) is 0 Å². The molecule has 0 aromatic rings. The summed E-state index contributed by atoms with van der Waals surface area (Å²) in [5, 5.41) is 3.47. The van der Waals surface area contributed by atoms with E-state index in [1.54, 1.807) is 4.90 Å². The molecule has 1 fully saturated rings. The van der Waals surface area contributed by atoms with E-state index < -0.39 is 0 Å². The van der Waals surface area contributed by atoms with Crippen LogP contribution < -0.4 is 0 Å². The first-order chi connectivity index (χ1) is 5.79. The maximum atomic E-state index is 11.2. The number of hydrogen-bond donors (Lipinski definition) is 0. The average molecular weight is 168 g/mol. The molecule has 12 heavy (non-hydrogen) atoms. The Morgan fingerprint density at radius 2 is 2.58 bits per heavy atom. The second-order valence-electron chi connectivity index (χ2n) is 2.79. The highest BCUT2D eigenvalue weighted by molar-refractivity contribution is 5.78. The zero-order valence-electron chi connectivity index (χ0n) is 7.10. The number of likely N-dealkylation sites (tertiary alicyclic amines) is 1. The van der Waals surface area contributed by atoms with Crippen LogP contribution in [0.2, 0.25) is 0 Å². The Labute approximate surface area is 71.0 Å². The third kappa shape index (κ3) is 1.68. The molecule has 0 radical (unpaired) electrons. The van der Waals surface area contributed by atoms with Crippen molar-refractivity contribution >= 4 is 5.91 Å². The third-order valence-electron chi connectivity index (χ3n) is 2.15. The van der Waals surface area contributed by atoms with Gasteiger partial charge in [0.1, 0.15) is 0 Å². The van der Waals surface area contributed by atoms with E-state index in [1.165, 1.54) is 0 Å². The SMILES string of the molecule is CCN1C(=O)CCC1CN=[N+]=[N-]. The van der Waals surface area contributed by atoms with Crippen LogP contribution in [0.4, 0.5) is 0 Å². The number of nitrogens with zero attached hydrogens (tertiary/aromatic N) is 4. The minimum absolute atomic E-state index is 0.137. The molecule has 1 aliphatic rings. The second-order valence-corrected chi connectivity index (χ2v) is 2.79. The summed E-state index contributed by atoms with van der Waals surface area (Å²) in [6, 6.07) is 0.137. The summed E-state index contributed by atoms with van der Waals surface area (Å²) < 4.78 is 0. The van der Waals surface area contributed by atoms with Crippen LogP contribution in [0.1, 0.15) is 19.8 Å². The number of amides is 1. The highest BCUT2D eigenvalue weighted by atomic mass is 16.2. The lowest BCUT2D eigenvalue weighted by molar-refractivity contribution is -0.128. The van der Waals surface area contributed by atoms with Crippen LogP contribution in [0.15, 0.2) is 5.11 Å². The van der Waals surface area contributed by atoms with Crippen molar-refractivity contribution in [1.82, 2.24) is 4.90 Å². The Kier molecular flexibility index (Phi) is 2.94. The summed E-state index contributed by atoms with van der Waals surface area (Å²) in [7, 11) is 0. The summed E-state index contributed by atoms with van der Waals surface area (Å²) in [6.07, 6.45) is 1.42. The zero-order chi connectivity index (χ0) is 8.97. The van der Waals surface area contributed by atoms with Crippen molar-refractivity contribution in [2.45, 2.75) is 25.8 Å². The van der Waals surface area contributed by atoms with Gasteiger partial charge in [0.05, 0.1) is 0 Å². The van der Waals surface area contributed by atoms with Crippen molar-refractivity contribution in [3.8, 4) is 0 Å². The molecule has 1 atom stereocenters. The Hall–Kier alpha value is -1.22. The molecule has 0 aromatic carbocycles. The molecule has 5 heteroatoms. The zero-order valence-corrected chi connectivity index (χ0v) is 7.10. The molecule has 1 amide bonds. The van der Waals surface area contributed by atoms with Gasteiger partial charge in [-0.3, -0.25) is 4.79 Å². The standard InChI is InChI=1S/C7H12N4O/c1-2-11-6(5-9-10-8)3-4-7(11)12/h6H,2-5H2,1H3. The smallest absolute Gasteiger partial charge is 0.222 e. The minimum atomic E-state index is 0.137. The molecule has 1 saturated heterocycles. The Bertz CT molecular complexity index is 221. The molecular formula is C7H12N4O. The number of rotatable bonds is 3. The van der Waals surface area contributed by atoms with Gasteiger partial charge in [0.2, 0.25) is 5.91 Å². The van der Waals surface area contributed by atoms with E-state index in [9.17, 15) is 4.79 Å². The van der Waals surface area contributed by atoms with Gasteiger partial charge in [0.15, 0.2) is 0 Å². The van der Waals surface area contributed by atoms with E-state index in [2.05, 4.69) is 10.0 Å². The summed E-state index contributed by atoms with van der Waals surface area (Å²) in [5.74, 6) is 0.177. The minimum Gasteiger partial charge on any atom is -0.340 e. The largest absolute Gasteiger partial charge is 0.340 e. The topological polar surface area (TPSA) is 69.1 Å². The van der Waals surface area contributed by atoms with Gasteiger partial charge in [-0.2, -0.15) is 0 Å². The number of carbonyl (C=O) groups is 1. The van der Waals surface area contributed by atoms with Gasteiger partial charge in [-0.25, -0.2) is 0 Å². The summed E-state index contributed by atoms with van der Waals surface area (Å²) in [6.45, 7) is 3.06. The van der Waals surface area contributed by atoms with Crippen molar-refractivity contribution in [2.75, 3.05) is 13.1 Å². The molecule has 1 heterocycles. The Morgan fingerprint density at radius 1 is 1.83 bits per heavy atom. The fraction of sp³-hybridized carbons (Fsp3) is 0.857. The van der Waals surface area contributed by atoms with E-state index in [-0.39, 0.29) is 11.9 Å². The van der Waals surface area contributed by atoms with E-state index in [0.717, 1.165) is 6.42 Å². The van der Waals surface area contributed by atoms with Crippen LogP contribution in [-0.2, 0) is 4.79 Å². The van der Waals surface area contributed by atoms with Gasteiger partial charge in [0.25, 0.3) is 0 Å². The lowest BCUT2D eigenvalue weighted by Crippen LogP contribution is -2.34. The van der Waals surface area contributed by atoms with Gasteiger partial charge in [-0.1, -0.05) is 5.11 Å². The first kappa shape index (κ1) is 8.87. The van der Waals surface area contributed by atoms with Crippen LogP contribution in [-0.4, -0.2) is 29.9 Å². The number of hydrogen-bond acceptors (Lipinski definition) is 2. The molecule has 0 bridgehead atoms. The van der Waals surface area contributed by atoms with Gasteiger partial charge in [0, 0.05) is 30.5 Å². The van der Waals surface area contributed by atoms with Crippen LogP contribution in [0.5, 0.6) is 0 Å². The van der Waals surface area contributed by atoms with E-state index >= 15 is 0 Å². The monoisotopic (exact) mass is 168 g/mol. The molecule has 0 aliphatic carbocycles. The number of carbonyl (C=O) groups excluding carboxylic acids is 1. The quantitative estimate of drug-likeness (QED) is 0.356. The molecule has 1 unspecified atom stereocenters. The number of azide groups is 1.